The van der Waals surface area contributed by atoms with E-state index in [9.17, 15) is 0 Å². The molecule has 5 heteroatoms. The molecule has 0 radical (unpaired) electrons. The highest BCUT2D eigenvalue weighted by atomic mass is 35.5. The number of halogens is 1. The molecule has 0 aliphatic heterocycles. The van der Waals surface area contributed by atoms with Crippen molar-refractivity contribution in [2.24, 2.45) is 0 Å². The van der Waals surface area contributed by atoms with Crippen LogP contribution in [0.25, 0.3) is 0 Å². The minimum atomic E-state index is 0.00109. The van der Waals surface area contributed by atoms with Gasteiger partial charge in [-0.25, -0.2) is 9.97 Å². The second kappa shape index (κ2) is 6.38. The van der Waals surface area contributed by atoms with Gasteiger partial charge in [0.25, 0.3) is 0 Å². The summed E-state index contributed by atoms with van der Waals surface area (Å²) in [4.78, 5) is 8.30. The average Bonchev–Trinajstić information content (AvgIpc) is 2.47. The van der Waals surface area contributed by atoms with Gasteiger partial charge in [-0.05, 0) is 12.5 Å². The zero-order valence-corrected chi connectivity index (χ0v) is 11.7. The van der Waals surface area contributed by atoms with Crippen molar-refractivity contribution in [3.8, 4) is 5.88 Å². The Bertz CT molecular complexity index is 533. The maximum Gasteiger partial charge on any atom is 0.221 e. The fraction of sp³-hybridized carbons (Fsp3) is 0.286. The number of rotatable bonds is 5. The van der Waals surface area contributed by atoms with Gasteiger partial charge in [0.1, 0.15) is 12.1 Å². The van der Waals surface area contributed by atoms with Crippen molar-refractivity contribution in [2.45, 2.75) is 13.0 Å². The van der Waals surface area contributed by atoms with Gasteiger partial charge in [0.2, 0.25) is 5.88 Å². The number of hydrogen-bond donors (Lipinski definition) is 1. The average molecular weight is 278 g/mol. The largest absolute Gasteiger partial charge is 0.481 e. The molecular weight excluding hydrogens is 262 g/mol. The van der Waals surface area contributed by atoms with Crippen LogP contribution in [0.15, 0.2) is 36.7 Å². The summed E-state index contributed by atoms with van der Waals surface area (Å²) < 4.78 is 5.18. The molecule has 100 valence electrons. The normalized spacial score (nSPS) is 11.9. The Labute approximate surface area is 117 Å². The third-order valence-corrected chi connectivity index (χ3v) is 3.21. The zero-order valence-electron chi connectivity index (χ0n) is 10.9. The summed E-state index contributed by atoms with van der Waals surface area (Å²) in [5.74, 6) is 1.76. The van der Waals surface area contributed by atoms with Crippen LogP contribution in [0, 0.1) is 6.92 Å². The Morgan fingerprint density at radius 2 is 2.00 bits per heavy atom. The van der Waals surface area contributed by atoms with Crippen LogP contribution in [0.1, 0.15) is 17.2 Å². The van der Waals surface area contributed by atoms with Gasteiger partial charge >= 0.3 is 0 Å². The predicted molar refractivity (Wildman–Crippen MR) is 76.8 cm³/mol. The summed E-state index contributed by atoms with van der Waals surface area (Å²) in [6, 6.07) is 10.0. The fourth-order valence-corrected chi connectivity index (χ4v) is 2.10. The maximum atomic E-state index is 6.04. The first-order valence-electron chi connectivity index (χ1n) is 5.99. The predicted octanol–water partition coefficient (Wildman–Crippen LogP) is 3.19. The Kier molecular flexibility index (Phi) is 4.58. The minimum absolute atomic E-state index is 0.00109. The molecule has 1 N–H and O–H groups in total. The second-order valence-electron chi connectivity index (χ2n) is 4.12. The minimum Gasteiger partial charge on any atom is -0.481 e. The molecule has 0 amide bonds. The van der Waals surface area contributed by atoms with Crippen LogP contribution in [0.2, 0.25) is 0 Å². The number of anilines is 1. The van der Waals surface area contributed by atoms with E-state index in [0.29, 0.717) is 11.8 Å². The fourth-order valence-electron chi connectivity index (χ4n) is 1.85. The summed E-state index contributed by atoms with van der Waals surface area (Å²) in [5.41, 5.74) is 1.99. The lowest BCUT2D eigenvalue weighted by Gasteiger charge is -2.18. The summed E-state index contributed by atoms with van der Waals surface area (Å²) in [5, 5.41) is 3.32. The van der Waals surface area contributed by atoms with Crippen molar-refractivity contribution in [1.29, 1.82) is 0 Å². The van der Waals surface area contributed by atoms with E-state index in [-0.39, 0.29) is 6.04 Å². The standard InChI is InChI=1S/C14H16ClN3O/c1-10-13(16-9-17-14(10)19-2)18-12(8-15)11-6-4-3-5-7-11/h3-7,9,12H,8H2,1-2H3,(H,16,17,18). The highest BCUT2D eigenvalue weighted by molar-refractivity contribution is 6.18. The smallest absolute Gasteiger partial charge is 0.221 e. The van der Waals surface area contributed by atoms with Crippen molar-refractivity contribution in [3.05, 3.63) is 47.8 Å². The van der Waals surface area contributed by atoms with Crippen molar-refractivity contribution in [3.63, 3.8) is 0 Å². The number of methoxy groups -OCH3 is 1. The van der Waals surface area contributed by atoms with E-state index >= 15 is 0 Å². The van der Waals surface area contributed by atoms with Crippen molar-refractivity contribution in [1.82, 2.24) is 9.97 Å². The van der Waals surface area contributed by atoms with Crippen LogP contribution in [-0.2, 0) is 0 Å². The van der Waals surface area contributed by atoms with Gasteiger partial charge in [-0.2, -0.15) is 0 Å². The molecule has 0 bridgehead atoms. The maximum absolute atomic E-state index is 6.04. The number of nitrogens with zero attached hydrogens (tertiary/aromatic N) is 2. The van der Waals surface area contributed by atoms with Crippen LogP contribution in [0.3, 0.4) is 0 Å². The topological polar surface area (TPSA) is 47.0 Å². The third kappa shape index (κ3) is 3.15. The number of aromatic nitrogens is 2. The van der Waals surface area contributed by atoms with Crippen LogP contribution in [0.4, 0.5) is 5.82 Å². The monoisotopic (exact) mass is 277 g/mol. The summed E-state index contributed by atoms with van der Waals surface area (Å²) in [6.07, 6.45) is 1.48. The molecule has 19 heavy (non-hydrogen) atoms. The lowest BCUT2D eigenvalue weighted by molar-refractivity contribution is 0.393. The Hall–Kier alpha value is -1.81. The Morgan fingerprint density at radius 1 is 1.26 bits per heavy atom. The van der Waals surface area contributed by atoms with E-state index < -0.39 is 0 Å². The highest BCUT2D eigenvalue weighted by Gasteiger charge is 2.14. The summed E-state index contributed by atoms with van der Waals surface area (Å²) in [7, 11) is 1.59. The van der Waals surface area contributed by atoms with Gasteiger partial charge in [0.05, 0.1) is 18.7 Å². The summed E-state index contributed by atoms with van der Waals surface area (Å²) >= 11 is 6.04. The van der Waals surface area contributed by atoms with Gasteiger partial charge in [-0.3, -0.25) is 0 Å². The van der Waals surface area contributed by atoms with E-state index in [2.05, 4.69) is 15.3 Å². The molecule has 0 saturated heterocycles. The molecule has 0 fully saturated rings. The lowest BCUT2D eigenvalue weighted by atomic mass is 10.1. The molecule has 0 spiro atoms. The molecule has 1 aromatic heterocycles. The molecule has 0 aliphatic carbocycles. The van der Waals surface area contributed by atoms with E-state index in [4.69, 9.17) is 16.3 Å². The highest BCUT2D eigenvalue weighted by Crippen LogP contribution is 2.25. The Morgan fingerprint density at radius 3 is 2.63 bits per heavy atom. The van der Waals surface area contributed by atoms with Gasteiger partial charge in [-0.15, -0.1) is 11.6 Å². The van der Waals surface area contributed by atoms with E-state index in [1.807, 2.05) is 37.3 Å². The van der Waals surface area contributed by atoms with Crippen molar-refractivity contribution >= 4 is 17.4 Å². The lowest BCUT2D eigenvalue weighted by Crippen LogP contribution is -2.14. The van der Waals surface area contributed by atoms with E-state index in [0.717, 1.165) is 16.9 Å². The van der Waals surface area contributed by atoms with Crippen LogP contribution in [0.5, 0.6) is 5.88 Å². The first kappa shape index (κ1) is 13.6. The molecule has 2 aromatic rings. The number of ether oxygens (including phenoxy) is 1. The SMILES string of the molecule is COc1ncnc(NC(CCl)c2ccccc2)c1C. The quantitative estimate of drug-likeness (QED) is 0.853. The summed E-state index contributed by atoms with van der Waals surface area (Å²) in [6.45, 7) is 1.91. The molecular formula is C14H16ClN3O. The van der Waals surface area contributed by atoms with E-state index in [1.54, 1.807) is 7.11 Å². The van der Waals surface area contributed by atoms with Gasteiger partial charge in [0.15, 0.2) is 0 Å². The molecule has 1 unspecified atom stereocenters. The van der Waals surface area contributed by atoms with Gasteiger partial charge < -0.3 is 10.1 Å². The van der Waals surface area contributed by atoms with Crippen molar-refractivity contribution in [2.75, 3.05) is 18.3 Å². The molecule has 1 atom stereocenters. The molecule has 4 nitrogen and oxygen atoms in total. The number of alkyl halides is 1. The molecule has 2 rings (SSSR count). The third-order valence-electron chi connectivity index (χ3n) is 2.90. The second-order valence-corrected chi connectivity index (χ2v) is 4.43. The van der Waals surface area contributed by atoms with Crippen LogP contribution < -0.4 is 10.1 Å². The number of hydrogen-bond acceptors (Lipinski definition) is 4. The van der Waals surface area contributed by atoms with Gasteiger partial charge in [-0.1, -0.05) is 30.3 Å². The number of benzene rings is 1. The van der Waals surface area contributed by atoms with Crippen LogP contribution in [-0.4, -0.2) is 23.0 Å². The number of nitrogens with one attached hydrogen (secondary N) is 1. The Balaban J connectivity index is 2.24. The molecule has 1 heterocycles. The van der Waals surface area contributed by atoms with Crippen LogP contribution >= 0.6 is 11.6 Å². The van der Waals surface area contributed by atoms with Gasteiger partial charge in [0, 0.05) is 5.88 Å². The van der Waals surface area contributed by atoms with E-state index in [1.165, 1.54) is 6.33 Å². The molecule has 0 aliphatic rings. The zero-order chi connectivity index (χ0) is 13.7. The van der Waals surface area contributed by atoms with Crippen molar-refractivity contribution < 1.29 is 4.74 Å². The first-order valence-corrected chi connectivity index (χ1v) is 6.52. The molecule has 0 saturated carbocycles. The molecule has 1 aromatic carbocycles. The first-order chi connectivity index (χ1) is 9.26.